The van der Waals surface area contributed by atoms with E-state index in [1.807, 2.05) is 30.3 Å². The van der Waals surface area contributed by atoms with Crippen molar-refractivity contribution in [3.8, 4) is 28.3 Å². The van der Waals surface area contributed by atoms with Crippen molar-refractivity contribution in [1.82, 2.24) is 10.1 Å². The van der Waals surface area contributed by atoms with Crippen LogP contribution in [0.1, 0.15) is 20.8 Å². The van der Waals surface area contributed by atoms with Crippen molar-refractivity contribution in [1.29, 1.82) is 0 Å². The van der Waals surface area contributed by atoms with Crippen LogP contribution in [0.3, 0.4) is 0 Å². The van der Waals surface area contributed by atoms with Crippen molar-refractivity contribution in [3.63, 3.8) is 0 Å². The summed E-state index contributed by atoms with van der Waals surface area (Å²) >= 11 is 7.08. The number of hydrogen-bond acceptors (Lipinski definition) is 7. The van der Waals surface area contributed by atoms with Crippen molar-refractivity contribution in [2.45, 2.75) is 0 Å². The number of amides is 2. The molecule has 8 nitrogen and oxygen atoms in total. The smallest absolute Gasteiger partial charge is 0.279 e. The molecule has 37 heavy (non-hydrogen) atoms. The van der Waals surface area contributed by atoms with Crippen molar-refractivity contribution < 1.29 is 18.8 Å². The molecule has 0 saturated heterocycles. The average molecular weight is 531 g/mol. The molecule has 2 heterocycles. The first-order chi connectivity index (χ1) is 18.0. The van der Waals surface area contributed by atoms with E-state index in [0.29, 0.717) is 37.9 Å². The van der Waals surface area contributed by atoms with Crippen LogP contribution in [0.4, 0.5) is 10.1 Å². The number of rotatable bonds is 7. The van der Waals surface area contributed by atoms with Crippen molar-refractivity contribution in [3.05, 3.63) is 101 Å². The largest absolute Gasteiger partial charge is 0.497 e. The summed E-state index contributed by atoms with van der Waals surface area (Å²) in [5.74, 6) is 0.269. The van der Waals surface area contributed by atoms with Crippen LogP contribution < -0.4 is 15.4 Å². The number of carbonyl (C=O) groups excluding carboxylic acids is 2. The van der Waals surface area contributed by atoms with Crippen LogP contribution in [0.25, 0.3) is 22.6 Å². The first-order valence-electron chi connectivity index (χ1n) is 11.1. The maximum absolute atomic E-state index is 12.9. The van der Waals surface area contributed by atoms with Crippen LogP contribution in [-0.2, 0) is 0 Å². The highest BCUT2D eigenvalue weighted by Crippen LogP contribution is 2.36. The normalized spacial score (nSPS) is 10.6. The number of ether oxygens (including phenoxy) is 1. The Morgan fingerprint density at radius 3 is 2.32 bits per heavy atom. The highest BCUT2D eigenvalue weighted by Gasteiger charge is 2.20. The third-order valence-electron chi connectivity index (χ3n) is 5.35. The number of nitrogens with zero attached hydrogens (tertiary/aromatic N) is 2. The molecule has 0 radical (unpaired) electrons. The minimum atomic E-state index is -0.495. The third kappa shape index (κ3) is 5.53. The fourth-order valence-electron chi connectivity index (χ4n) is 3.46. The zero-order chi connectivity index (χ0) is 25.8. The van der Waals surface area contributed by atoms with E-state index in [1.165, 1.54) is 6.07 Å². The van der Waals surface area contributed by atoms with Gasteiger partial charge in [0.15, 0.2) is 16.6 Å². The lowest BCUT2D eigenvalue weighted by molar-refractivity contribution is 0.101. The highest BCUT2D eigenvalue weighted by atomic mass is 35.5. The van der Waals surface area contributed by atoms with Gasteiger partial charge in [0, 0.05) is 27.8 Å². The van der Waals surface area contributed by atoms with Crippen LogP contribution >= 0.6 is 22.9 Å². The maximum atomic E-state index is 12.9. The molecule has 2 N–H and O–H groups in total. The Bertz CT molecular complexity index is 1550. The maximum Gasteiger partial charge on any atom is 0.279 e. The number of aromatic nitrogens is 2. The predicted molar refractivity (Wildman–Crippen MR) is 143 cm³/mol. The fraction of sp³-hybridized carbons (Fsp3) is 0.0370. The SMILES string of the molecule is COc1ccc(C(=O)Nc2sc(NC(=O)c3cc(-c4ccc(Cl)cc4)on3)nc2-c2ccccc2)cc1. The zero-order valence-corrected chi connectivity index (χ0v) is 21.0. The fourth-order valence-corrected chi connectivity index (χ4v) is 4.47. The summed E-state index contributed by atoms with van der Waals surface area (Å²) < 4.78 is 10.5. The topological polar surface area (TPSA) is 106 Å². The van der Waals surface area contributed by atoms with Crippen molar-refractivity contribution >= 4 is 44.9 Å². The van der Waals surface area contributed by atoms with Gasteiger partial charge in [-0.15, -0.1) is 0 Å². The van der Waals surface area contributed by atoms with E-state index in [2.05, 4.69) is 20.8 Å². The van der Waals surface area contributed by atoms with Gasteiger partial charge < -0.3 is 14.6 Å². The monoisotopic (exact) mass is 530 g/mol. The molecule has 0 fully saturated rings. The summed E-state index contributed by atoms with van der Waals surface area (Å²) in [5.41, 5.74) is 2.60. The second-order valence-corrected chi connectivity index (χ2v) is 9.22. The van der Waals surface area contributed by atoms with Gasteiger partial charge in [-0.1, -0.05) is 58.4 Å². The molecule has 5 aromatic rings. The van der Waals surface area contributed by atoms with E-state index in [1.54, 1.807) is 55.6 Å². The predicted octanol–water partition coefficient (Wildman–Crippen LogP) is 6.63. The van der Waals surface area contributed by atoms with Gasteiger partial charge in [-0.2, -0.15) is 0 Å². The molecule has 0 atom stereocenters. The van der Waals surface area contributed by atoms with Gasteiger partial charge in [0.05, 0.1) is 7.11 Å². The first-order valence-corrected chi connectivity index (χ1v) is 12.3. The Morgan fingerprint density at radius 1 is 0.892 bits per heavy atom. The van der Waals surface area contributed by atoms with Gasteiger partial charge in [0.25, 0.3) is 11.8 Å². The van der Waals surface area contributed by atoms with Crippen molar-refractivity contribution in [2.24, 2.45) is 0 Å². The molecule has 0 saturated carbocycles. The molecule has 0 aliphatic carbocycles. The van der Waals surface area contributed by atoms with Crippen LogP contribution in [-0.4, -0.2) is 29.1 Å². The number of nitrogens with one attached hydrogen (secondary N) is 2. The first kappa shape index (κ1) is 24.2. The number of thiazole rings is 1. The Hall–Kier alpha value is -4.47. The molecule has 0 bridgehead atoms. The molecule has 0 spiro atoms. The Kier molecular flexibility index (Phi) is 6.98. The molecule has 5 rings (SSSR count). The minimum Gasteiger partial charge on any atom is -0.497 e. The number of carbonyl (C=O) groups is 2. The standard InChI is InChI=1S/C27H19ClN4O4S/c1-35-20-13-9-18(10-14-20)24(33)30-26-23(17-5-3-2-4-6-17)29-27(37-26)31-25(34)21-15-22(36-32-21)16-7-11-19(28)12-8-16/h2-15H,1H3,(H,30,33)(H,29,31,34). The van der Waals surface area contributed by atoms with E-state index in [-0.39, 0.29) is 11.6 Å². The van der Waals surface area contributed by atoms with Crippen LogP contribution in [0.5, 0.6) is 5.75 Å². The lowest BCUT2D eigenvalue weighted by atomic mass is 10.1. The summed E-state index contributed by atoms with van der Waals surface area (Å²) in [6.07, 6.45) is 0. The second-order valence-electron chi connectivity index (χ2n) is 7.78. The zero-order valence-electron chi connectivity index (χ0n) is 19.4. The van der Waals surface area contributed by atoms with E-state index >= 15 is 0 Å². The van der Waals surface area contributed by atoms with Crippen molar-refractivity contribution in [2.75, 3.05) is 17.7 Å². The Morgan fingerprint density at radius 2 is 1.62 bits per heavy atom. The summed E-state index contributed by atoms with van der Waals surface area (Å²) in [5, 5.41) is 10.9. The Balaban J connectivity index is 1.38. The quantitative estimate of drug-likeness (QED) is 0.244. The van der Waals surface area contributed by atoms with Gasteiger partial charge in [0.2, 0.25) is 0 Å². The van der Waals surface area contributed by atoms with Gasteiger partial charge >= 0.3 is 0 Å². The molecule has 0 aliphatic heterocycles. The average Bonchev–Trinajstić information content (AvgIpc) is 3.57. The summed E-state index contributed by atoms with van der Waals surface area (Å²) in [6, 6.07) is 24.7. The number of halogens is 1. The van der Waals surface area contributed by atoms with Gasteiger partial charge in [-0.05, 0) is 48.5 Å². The van der Waals surface area contributed by atoms with E-state index in [4.69, 9.17) is 20.9 Å². The minimum absolute atomic E-state index is 0.0882. The molecule has 10 heteroatoms. The van der Waals surface area contributed by atoms with E-state index < -0.39 is 5.91 Å². The third-order valence-corrected chi connectivity index (χ3v) is 6.48. The van der Waals surface area contributed by atoms with Crippen LogP contribution in [0.2, 0.25) is 5.02 Å². The molecular formula is C27H19ClN4O4S. The van der Waals surface area contributed by atoms with Crippen LogP contribution in [0, 0.1) is 0 Å². The summed E-state index contributed by atoms with van der Waals surface area (Å²) in [7, 11) is 1.56. The second kappa shape index (κ2) is 10.7. The van der Waals surface area contributed by atoms with Gasteiger partial charge in [0.1, 0.15) is 16.4 Å². The van der Waals surface area contributed by atoms with Crippen LogP contribution in [0.15, 0.2) is 89.5 Å². The number of methoxy groups -OCH3 is 1. The number of anilines is 2. The molecule has 3 aromatic carbocycles. The van der Waals surface area contributed by atoms with Gasteiger partial charge in [-0.3, -0.25) is 14.9 Å². The lowest BCUT2D eigenvalue weighted by Crippen LogP contribution is -2.11. The van der Waals surface area contributed by atoms with E-state index in [0.717, 1.165) is 22.5 Å². The summed E-state index contributed by atoms with van der Waals surface area (Å²) in [4.78, 5) is 30.4. The van der Waals surface area contributed by atoms with Gasteiger partial charge in [-0.25, -0.2) is 4.98 Å². The molecule has 2 aromatic heterocycles. The molecule has 0 unspecified atom stereocenters. The lowest BCUT2D eigenvalue weighted by Gasteiger charge is -2.06. The van der Waals surface area contributed by atoms with E-state index in [9.17, 15) is 9.59 Å². The number of benzene rings is 3. The Labute approximate surface area is 220 Å². The molecule has 0 aliphatic rings. The highest BCUT2D eigenvalue weighted by molar-refractivity contribution is 7.20. The number of hydrogen-bond donors (Lipinski definition) is 2. The molecule has 184 valence electrons. The summed E-state index contributed by atoms with van der Waals surface area (Å²) in [6.45, 7) is 0. The molecular weight excluding hydrogens is 512 g/mol. The molecule has 2 amide bonds.